The van der Waals surface area contributed by atoms with E-state index in [0.717, 1.165) is 12.1 Å². The highest BCUT2D eigenvalue weighted by atomic mass is 35.5. The van der Waals surface area contributed by atoms with E-state index in [1.165, 1.54) is 24.3 Å². The second-order valence-electron chi connectivity index (χ2n) is 6.82. The Hall–Kier alpha value is -2.54. The number of halogens is 4. The molecule has 0 saturated heterocycles. The summed E-state index contributed by atoms with van der Waals surface area (Å²) in [7, 11) is 0. The van der Waals surface area contributed by atoms with E-state index in [4.69, 9.17) is 16.3 Å². The van der Waals surface area contributed by atoms with Gasteiger partial charge in [-0.1, -0.05) is 11.6 Å². The molecule has 0 unspecified atom stereocenters. The molecule has 0 aliphatic carbocycles. The fourth-order valence-corrected chi connectivity index (χ4v) is 3.04. The van der Waals surface area contributed by atoms with Gasteiger partial charge in [0.2, 0.25) is 0 Å². The standard InChI is InChI=1S/C19H15ClF3NO3/c1-18(2)9-15(25)12-7-10(3-6-16(12)27-18)17(26)24-11-4-5-14(20)13(8-11)19(21,22)23/h3-8H,9H2,1-2H3,(H,24,26). The van der Waals surface area contributed by atoms with Crippen molar-refractivity contribution in [1.82, 2.24) is 0 Å². The number of ketones is 1. The van der Waals surface area contributed by atoms with Gasteiger partial charge in [-0.25, -0.2) is 0 Å². The van der Waals surface area contributed by atoms with Crippen LogP contribution in [0.15, 0.2) is 36.4 Å². The van der Waals surface area contributed by atoms with Crippen LogP contribution >= 0.6 is 11.6 Å². The first-order valence-corrected chi connectivity index (χ1v) is 8.38. The van der Waals surface area contributed by atoms with E-state index in [-0.39, 0.29) is 29.0 Å². The largest absolute Gasteiger partial charge is 0.487 e. The van der Waals surface area contributed by atoms with Crippen LogP contribution in [0, 0.1) is 0 Å². The van der Waals surface area contributed by atoms with Gasteiger partial charge in [0.15, 0.2) is 5.78 Å². The predicted octanol–water partition coefficient (Wildman–Crippen LogP) is 5.35. The third kappa shape index (κ3) is 4.08. The van der Waals surface area contributed by atoms with E-state index in [1.807, 2.05) is 0 Å². The Labute approximate surface area is 158 Å². The summed E-state index contributed by atoms with van der Waals surface area (Å²) >= 11 is 5.57. The molecule has 0 spiro atoms. The number of hydrogen-bond acceptors (Lipinski definition) is 3. The van der Waals surface area contributed by atoms with Crippen LogP contribution in [-0.2, 0) is 6.18 Å². The van der Waals surface area contributed by atoms with Crippen molar-refractivity contribution >= 4 is 29.0 Å². The average Bonchev–Trinajstić information content (AvgIpc) is 2.54. The number of alkyl halides is 3. The predicted molar refractivity (Wildman–Crippen MR) is 94.5 cm³/mol. The summed E-state index contributed by atoms with van der Waals surface area (Å²) in [6, 6.07) is 7.42. The second kappa shape index (κ2) is 6.56. The van der Waals surface area contributed by atoms with Gasteiger partial charge >= 0.3 is 6.18 Å². The normalized spacial score (nSPS) is 15.7. The van der Waals surface area contributed by atoms with E-state index in [9.17, 15) is 22.8 Å². The molecule has 1 heterocycles. The number of anilines is 1. The third-order valence-electron chi connectivity index (χ3n) is 4.04. The molecule has 142 valence electrons. The van der Waals surface area contributed by atoms with Gasteiger partial charge in [-0.05, 0) is 50.2 Å². The van der Waals surface area contributed by atoms with Crippen molar-refractivity contribution in [2.45, 2.75) is 32.0 Å². The maximum Gasteiger partial charge on any atom is 0.417 e. The van der Waals surface area contributed by atoms with Gasteiger partial charge in [0.05, 0.1) is 22.6 Å². The molecule has 0 radical (unpaired) electrons. The quantitative estimate of drug-likeness (QED) is 0.742. The Morgan fingerprint density at radius 2 is 1.89 bits per heavy atom. The molecule has 0 fully saturated rings. The van der Waals surface area contributed by atoms with E-state index in [0.29, 0.717) is 5.75 Å². The SMILES string of the molecule is CC1(C)CC(=O)c2cc(C(=O)Nc3ccc(Cl)c(C(F)(F)F)c3)ccc2O1. The Morgan fingerprint density at radius 3 is 2.56 bits per heavy atom. The summed E-state index contributed by atoms with van der Waals surface area (Å²) < 4.78 is 44.5. The molecule has 4 nitrogen and oxygen atoms in total. The smallest absolute Gasteiger partial charge is 0.417 e. The number of nitrogens with one attached hydrogen (secondary N) is 1. The number of amides is 1. The summed E-state index contributed by atoms with van der Waals surface area (Å²) in [6.07, 6.45) is -4.47. The second-order valence-corrected chi connectivity index (χ2v) is 7.23. The molecule has 1 N–H and O–H groups in total. The number of Topliss-reactive ketones (excluding diaryl/α,β-unsaturated/α-hetero) is 1. The minimum atomic E-state index is -4.64. The van der Waals surface area contributed by atoms with Crippen LogP contribution in [0.2, 0.25) is 5.02 Å². The van der Waals surface area contributed by atoms with Crippen LogP contribution in [0.5, 0.6) is 5.75 Å². The fourth-order valence-electron chi connectivity index (χ4n) is 2.82. The Kier molecular flexibility index (Phi) is 4.67. The molecule has 1 amide bonds. The summed E-state index contributed by atoms with van der Waals surface area (Å²) in [5.41, 5.74) is -1.33. The zero-order valence-electron chi connectivity index (χ0n) is 14.4. The minimum Gasteiger partial charge on any atom is -0.487 e. The molecule has 27 heavy (non-hydrogen) atoms. The summed E-state index contributed by atoms with van der Waals surface area (Å²) in [4.78, 5) is 24.7. The van der Waals surface area contributed by atoms with Crippen molar-refractivity contribution in [3.05, 3.63) is 58.1 Å². The molecule has 1 aliphatic rings. The van der Waals surface area contributed by atoms with E-state index in [2.05, 4.69) is 5.32 Å². The number of rotatable bonds is 2. The van der Waals surface area contributed by atoms with Crippen LogP contribution in [-0.4, -0.2) is 17.3 Å². The van der Waals surface area contributed by atoms with Crippen LogP contribution in [0.3, 0.4) is 0 Å². The third-order valence-corrected chi connectivity index (χ3v) is 4.37. The first kappa shape index (κ1) is 19.2. The zero-order valence-corrected chi connectivity index (χ0v) is 15.2. The molecule has 1 aliphatic heterocycles. The summed E-state index contributed by atoms with van der Waals surface area (Å²) in [6.45, 7) is 3.57. The van der Waals surface area contributed by atoms with Gasteiger partial charge in [-0.15, -0.1) is 0 Å². The molecular weight excluding hydrogens is 383 g/mol. The molecule has 0 bridgehead atoms. The van der Waals surface area contributed by atoms with Crippen LogP contribution in [0.25, 0.3) is 0 Å². The molecule has 0 aromatic heterocycles. The maximum atomic E-state index is 12.9. The van der Waals surface area contributed by atoms with Crippen molar-refractivity contribution in [2.75, 3.05) is 5.32 Å². The topological polar surface area (TPSA) is 55.4 Å². The molecule has 0 atom stereocenters. The van der Waals surface area contributed by atoms with Gasteiger partial charge in [0.1, 0.15) is 11.4 Å². The molecule has 2 aromatic rings. The first-order chi connectivity index (χ1) is 12.5. The lowest BCUT2D eigenvalue weighted by atomic mass is 9.92. The van der Waals surface area contributed by atoms with Crippen molar-refractivity contribution in [2.24, 2.45) is 0 Å². The van der Waals surface area contributed by atoms with Gasteiger partial charge in [0, 0.05) is 11.3 Å². The molecule has 3 rings (SSSR count). The molecular formula is C19H15ClF3NO3. The van der Waals surface area contributed by atoms with Crippen molar-refractivity contribution in [3.63, 3.8) is 0 Å². The monoisotopic (exact) mass is 397 g/mol. The van der Waals surface area contributed by atoms with Crippen LogP contribution < -0.4 is 10.1 Å². The van der Waals surface area contributed by atoms with Crippen molar-refractivity contribution < 1.29 is 27.5 Å². The van der Waals surface area contributed by atoms with E-state index < -0.39 is 28.3 Å². The summed E-state index contributed by atoms with van der Waals surface area (Å²) in [5, 5.41) is 1.93. The lowest BCUT2D eigenvalue weighted by molar-refractivity contribution is -0.137. The lowest BCUT2D eigenvalue weighted by Gasteiger charge is -2.31. The first-order valence-electron chi connectivity index (χ1n) is 8.01. The Balaban J connectivity index is 1.86. The van der Waals surface area contributed by atoms with Gasteiger partial charge in [-0.2, -0.15) is 13.2 Å². The highest BCUT2D eigenvalue weighted by Crippen LogP contribution is 2.37. The Morgan fingerprint density at radius 1 is 1.19 bits per heavy atom. The number of carbonyl (C=O) groups is 2. The summed E-state index contributed by atoms with van der Waals surface area (Å²) in [5.74, 6) is -0.439. The highest BCUT2D eigenvalue weighted by molar-refractivity contribution is 6.31. The zero-order chi connectivity index (χ0) is 20.0. The average molecular weight is 398 g/mol. The highest BCUT2D eigenvalue weighted by Gasteiger charge is 2.34. The number of fused-ring (bicyclic) bond motifs is 1. The Bertz CT molecular complexity index is 938. The van der Waals surface area contributed by atoms with Gasteiger partial charge in [-0.3, -0.25) is 9.59 Å². The van der Waals surface area contributed by atoms with Crippen LogP contribution in [0.1, 0.15) is 46.5 Å². The number of hydrogen-bond donors (Lipinski definition) is 1. The number of benzene rings is 2. The molecule has 8 heteroatoms. The minimum absolute atomic E-state index is 0.0573. The fraction of sp³-hybridized carbons (Fsp3) is 0.263. The van der Waals surface area contributed by atoms with Crippen molar-refractivity contribution in [3.8, 4) is 5.75 Å². The molecule has 2 aromatic carbocycles. The van der Waals surface area contributed by atoms with E-state index >= 15 is 0 Å². The number of ether oxygens (including phenoxy) is 1. The number of carbonyl (C=O) groups excluding carboxylic acids is 2. The van der Waals surface area contributed by atoms with Gasteiger partial charge < -0.3 is 10.1 Å². The molecule has 0 saturated carbocycles. The van der Waals surface area contributed by atoms with Crippen molar-refractivity contribution in [1.29, 1.82) is 0 Å². The van der Waals surface area contributed by atoms with Gasteiger partial charge in [0.25, 0.3) is 5.91 Å². The van der Waals surface area contributed by atoms with E-state index in [1.54, 1.807) is 13.8 Å². The van der Waals surface area contributed by atoms with Crippen LogP contribution in [0.4, 0.5) is 18.9 Å². The lowest BCUT2D eigenvalue weighted by Crippen LogP contribution is -2.36. The maximum absolute atomic E-state index is 12.9.